The predicted molar refractivity (Wildman–Crippen MR) is 134 cm³/mol. The third kappa shape index (κ3) is 7.90. The molecule has 2 aromatic carbocycles. The molecule has 0 atom stereocenters. The number of likely N-dealkylation sites (N-methyl/N-ethyl adjacent to an activating group) is 1. The summed E-state index contributed by atoms with van der Waals surface area (Å²) in [4.78, 5) is 10.5. The smallest absolute Gasteiger partial charge is 0.0930 e. The molecule has 1 heterocycles. The molecular weight excluding hydrogens is 402 g/mol. The van der Waals surface area contributed by atoms with Gasteiger partial charge < -0.3 is 16.0 Å². The Bertz CT molecular complexity index is 912. The van der Waals surface area contributed by atoms with Crippen molar-refractivity contribution in [3.8, 4) is 0 Å². The van der Waals surface area contributed by atoms with E-state index in [1.165, 1.54) is 10.5 Å². The van der Waals surface area contributed by atoms with Gasteiger partial charge in [-0.25, -0.2) is 4.99 Å². The van der Waals surface area contributed by atoms with E-state index in [-0.39, 0.29) is 0 Å². The molecular formula is C25H33N5S. The second-order valence-electron chi connectivity index (χ2n) is 7.95. The van der Waals surface area contributed by atoms with E-state index in [1.807, 2.05) is 37.3 Å². The monoisotopic (exact) mass is 435 g/mol. The van der Waals surface area contributed by atoms with Crippen molar-refractivity contribution >= 4 is 23.8 Å². The molecule has 1 aliphatic heterocycles. The number of allylic oxidation sites excluding steroid dienone is 1. The molecule has 31 heavy (non-hydrogen) atoms. The van der Waals surface area contributed by atoms with Gasteiger partial charge in [0, 0.05) is 54.8 Å². The van der Waals surface area contributed by atoms with Crippen LogP contribution >= 0.6 is 11.8 Å². The van der Waals surface area contributed by atoms with E-state index in [0.717, 1.165) is 55.4 Å². The fourth-order valence-electron chi connectivity index (χ4n) is 3.32. The molecule has 2 aromatic rings. The summed E-state index contributed by atoms with van der Waals surface area (Å²) in [6, 6.07) is 16.8. The maximum atomic E-state index is 6.18. The number of benzene rings is 2. The number of hydrogen-bond acceptors (Lipinski definition) is 5. The normalized spacial score (nSPS) is 16.0. The van der Waals surface area contributed by atoms with E-state index >= 15 is 0 Å². The van der Waals surface area contributed by atoms with E-state index in [0.29, 0.717) is 5.75 Å². The zero-order chi connectivity index (χ0) is 22.1. The standard InChI is InChI=1S/C25H33N5S/c1-20-6-4-5-7-25(20)28-19-27-21(2)16-23(26)18-31-24-10-8-22(9-11-24)17-30-14-12-29(3)13-15-30/h4-11,16,19H,2,12-15,17-18,26H2,1,3H3,(H,27,28)/b23-16-. The van der Waals surface area contributed by atoms with Gasteiger partial charge in [-0.1, -0.05) is 36.9 Å². The summed E-state index contributed by atoms with van der Waals surface area (Å²) in [7, 11) is 2.19. The van der Waals surface area contributed by atoms with Gasteiger partial charge in [0.05, 0.1) is 12.0 Å². The third-order valence-corrected chi connectivity index (χ3v) is 6.34. The van der Waals surface area contributed by atoms with Crippen molar-refractivity contribution < 1.29 is 0 Å². The van der Waals surface area contributed by atoms with Crippen molar-refractivity contribution in [2.75, 3.05) is 39.0 Å². The van der Waals surface area contributed by atoms with Crippen molar-refractivity contribution in [3.05, 3.63) is 83.7 Å². The Morgan fingerprint density at radius 1 is 1.13 bits per heavy atom. The number of nitrogens with zero attached hydrogens (tertiary/aromatic N) is 3. The molecule has 0 radical (unpaired) electrons. The van der Waals surface area contributed by atoms with Crippen molar-refractivity contribution in [3.63, 3.8) is 0 Å². The molecule has 0 unspecified atom stereocenters. The quantitative estimate of drug-likeness (QED) is 0.268. The van der Waals surface area contributed by atoms with Crippen LogP contribution in [0.25, 0.3) is 0 Å². The molecule has 0 saturated carbocycles. The Morgan fingerprint density at radius 2 is 1.84 bits per heavy atom. The van der Waals surface area contributed by atoms with Crippen LogP contribution in [-0.4, -0.2) is 55.1 Å². The van der Waals surface area contributed by atoms with Gasteiger partial charge in [0.1, 0.15) is 0 Å². The molecule has 0 aromatic heterocycles. The van der Waals surface area contributed by atoms with Crippen LogP contribution in [0.4, 0.5) is 5.69 Å². The molecule has 1 aliphatic rings. The lowest BCUT2D eigenvalue weighted by Gasteiger charge is -2.32. The maximum absolute atomic E-state index is 6.18. The lowest BCUT2D eigenvalue weighted by molar-refractivity contribution is 0.148. The van der Waals surface area contributed by atoms with Crippen LogP contribution in [0.5, 0.6) is 0 Å². The van der Waals surface area contributed by atoms with Crippen LogP contribution < -0.4 is 11.1 Å². The number of hydrogen-bond donors (Lipinski definition) is 2. The first-order valence-corrected chi connectivity index (χ1v) is 11.6. The molecule has 0 aliphatic carbocycles. The second-order valence-corrected chi connectivity index (χ2v) is 8.99. The summed E-state index contributed by atoms with van der Waals surface area (Å²) in [6.07, 6.45) is 3.51. The lowest BCUT2D eigenvalue weighted by Crippen LogP contribution is -2.43. The molecule has 0 spiro atoms. The average molecular weight is 436 g/mol. The fourth-order valence-corrected chi connectivity index (χ4v) is 4.07. The lowest BCUT2D eigenvalue weighted by atomic mass is 10.2. The van der Waals surface area contributed by atoms with E-state index in [4.69, 9.17) is 5.73 Å². The minimum atomic E-state index is 0.716. The van der Waals surface area contributed by atoms with E-state index in [9.17, 15) is 0 Å². The van der Waals surface area contributed by atoms with Gasteiger partial charge in [0.2, 0.25) is 0 Å². The topological polar surface area (TPSA) is 56.9 Å². The number of thioether (sulfide) groups is 1. The molecule has 3 N–H and O–H groups in total. The highest BCUT2D eigenvalue weighted by Crippen LogP contribution is 2.21. The Balaban J connectivity index is 1.42. The van der Waals surface area contributed by atoms with Crippen LogP contribution in [0.15, 0.2) is 82.5 Å². The van der Waals surface area contributed by atoms with Crippen LogP contribution in [0.1, 0.15) is 11.1 Å². The van der Waals surface area contributed by atoms with Gasteiger partial charge in [-0.05, 0) is 49.4 Å². The molecule has 164 valence electrons. The Hall–Kier alpha value is -2.54. The first kappa shape index (κ1) is 23.1. The van der Waals surface area contributed by atoms with Gasteiger partial charge in [-0.2, -0.15) is 0 Å². The first-order valence-electron chi connectivity index (χ1n) is 10.6. The van der Waals surface area contributed by atoms with E-state index in [1.54, 1.807) is 18.1 Å². The summed E-state index contributed by atoms with van der Waals surface area (Å²) in [5.41, 5.74) is 11.1. The van der Waals surface area contributed by atoms with Crippen LogP contribution in [0, 0.1) is 6.92 Å². The minimum absolute atomic E-state index is 0.716. The average Bonchev–Trinajstić information content (AvgIpc) is 2.76. The highest BCUT2D eigenvalue weighted by molar-refractivity contribution is 7.99. The number of rotatable bonds is 9. The number of aliphatic imine (C=N–C) groups is 1. The number of aryl methyl sites for hydroxylation is 1. The Labute approximate surface area is 190 Å². The number of nitrogens with two attached hydrogens (primary N) is 1. The Morgan fingerprint density at radius 3 is 2.55 bits per heavy atom. The molecule has 6 heteroatoms. The molecule has 1 saturated heterocycles. The van der Waals surface area contributed by atoms with Crippen molar-refractivity contribution in [2.45, 2.75) is 18.4 Å². The van der Waals surface area contributed by atoms with Crippen molar-refractivity contribution in [2.24, 2.45) is 10.7 Å². The molecule has 1 fully saturated rings. The van der Waals surface area contributed by atoms with E-state index < -0.39 is 0 Å². The largest absolute Gasteiger partial charge is 0.401 e. The number of para-hydroxylation sites is 1. The van der Waals surface area contributed by atoms with Gasteiger partial charge in [-0.15, -0.1) is 11.8 Å². The van der Waals surface area contributed by atoms with Gasteiger partial charge in [-0.3, -0.25) is 4.90 Å². The number of nitrogens with one attached hydrogen (secondary N) is 1. The van der Waals surface area contributed by atoms with Gasteiger partial charge >= 0.3 is 0 Å². The van der Waals surface area contributed by atoms with Gasteiger partial charge in [0.25, 0.3) is 0 Å². The zero-order valence-electron chi connectivity index (χ0n) is 18.6. The summed E-state index contributed by atoms with van der Waals surface area (Å²) in [5.74, 6) is 0.716. The first-order chi connectivity index (χ1) is 15.0. The third-order valence-electron chi connectivity index (χ3n) is 5.26. The SMILES string of the molecule is C=C(/C=C(\N)CSc1ccc(CN2CCN(C)CC2)cc1)N/C=N/c1ccccc1C. The summed E-state index contributed by atoms with van der Waals surface area (Å²) < 4.78 is 0. The van der Waals surface area contributed by atoms with Gasteiger partial charge in [0.15, 0.2) is 0 Å². The van der Waals surface area contributed by atoms with Crippen molar-refractivity contribution in [1.82, 2.24) is 15.1 Å². The van der Waals surface area contributed by atoms with Crippen molar-refractivity contribution in [1.29, 1.82) is 0 Å². The predicted octanol–water partition coefficient (Wildman–Crippen LogP) is 4.14. The molecule has 0 bridgehead atoms. The summed E-state index contributed by atoms with van der Waals surface area (Å²) in [5, 5.41) is 3.08. The maximum Gasteiger partial charge on any atom is 0.0930 e. The zero-order valence-corrected chi connectivity index (χ0v) is 19.4. The minimum Gasteiger partial charge on any atom is -0.401 e. The van der Waals surface area contributed by atoms with Crippen LogP contribution in [-0.2, 0) is 6.54 Å². The summed E-state index contributed by atoms with van der Waals surface area (Å²) >= 11 is 1.73. The number of piperazine rings is 1. The Kier molecular flexibility index (Phi) is 8.76. The highest BCUT2D eigenvalue weighted by Gasteiger charge is 2.13. The molecule has 5 nitrogen and oxygen atoms in total. The highest BCUT2D eigenvalue weighted by atomic mass is 32.2. The van der Waals surface area contributed by atoms with E-state index in [2.05, 4.69) is 58.0 Å². The second kappa shape index (κ2) is 11.7. The van der Waals surface area contributed by atoms with Crippen LogP contribution in [0.3, 0.4) is 0 Å². The fraction of sp³-hybridized carbons (Fsp3) is 0.320. The molecule has 3 rings (SSSR count). The summed E-state index contributed by atoms with van der Waals surface area (Å²) in [6.45, 7) is 11.6. The van der Waals surface area contributed by atoms with Crippen LogP contribution in [0.2, 0.25) is 0 Å². The molecule has 0 amide bonds.